The van der Waals surface area contributed by atoms with Crippen LogP contribution in [0.4, 0.5) is 5.69 Å². The first kappa shape index (κ1) is 18.0. The first-order chi connectivity index (χ1) is 12.7. The summed E-state index contributed by atoms with van der Waals surface area (Å²) in [5.41, 5.74) is 3.00. The fourth-order valence-electron chi connectivity index (χ4n) is 2.31. The average molecular weight is 359 g/mol. The molecule has 130 valence electrons. The van der Waals surface area contributed by atoms with Gasteiger partial charge in [0.15, 0.2) is 0 Å². The Morgan fingerprint density at radius 1 is 0.885 bits per heavy atom. The molecule has 3 heteroatoms. The molecule has 0 amide bonds. The quantitative estimate of drug-likeness (QED) is 0.284. The van der Waals surface area contributed by atoms with Gasteiger partial charge in [0.1, 0.15) is 5.75 Å². The van der Waals surface area contributed by atoms with E-state index < -0.39 is 0 Å². The Hall–Kier alpha value is -2.78. The number of aliphatic imine (C=N–C) groups is 1. The smallest absolute Gasteiger partial charge is 0.223 e. The van der Waals surface area contributed by atoms with Crippen LogP contribution in [0.1, 0.15) is 12.5 Å². The molecule has 0 bridgehead atoms. The number of thioether (sulfide) groups is 1. The summed E-state index contributed by atoms with van der Waals surface area (Å²) < 4.78 is 6.12. The van der Waals surface area contributed by atoms with Crippen molar-refractivity contribution in [1.29, 1.82) is 0 Å². The van der Waals surface area contributed by atoms with Crippen LogP contribution < -0.4 is 4.74 Å². The van der Waals surface area contributed by atoms with Gasteiger partial charge in [0.2, 0.25) is 5.90 Å². The van der Waals surface area contributed by atoms with Gasteiger partial charge in [0, 0.05) is 10.5 Å². The molecule has 0 unspecified atom stereocenters. The second-order valence-corrected chi connectivity index (χ2v) is 6.85. The lowest BCUT2D eigenvalue weighted by molar-refractivity contribution is 0.551. The minimum Gasteiger partial charge on any atom is -0.439 e. The molecule has 0 radical (unpaired) electrons. The van der Waals surface area contributed by atoms with Gasteiger partial charge in [-0.05, 0) is 61.2 Å². The van der Waals surface area contributed by atoms with Crippen molar-refractivity contribution in [2.24, 2.45) is 4.99 Å². The summed E-state index contributed by atoms with van der Waals surface area (Å²) in [5, 5.41) is 2.08. The Morgan fingerprint density at radius 2 is 1.58 bits per heavy atom. The van der Waals surface area contributed by atoms with Crippen molar-refractivity contribution in [2.45, 2.75) is 18.7 Å². The molecule has 0 aliphatic rings. The van der Waals surface area contributed by atoms with Gasteiger partial charge in [-0.1, -0.05) is 60.3 Å². The first-order valence-electron chi connectivity index (χ1n) is 8.48. The second kappa shape index (κ2) is 9.07. The summed E-state index contributed by atoms with van der Waals surface area (Å²) in [6.45, 7) is 4.07. The topological polar surface area (TPSA) is 21.6 Å². The van der Waals surface area contributed by atoms with Crippen molar-refractivity contribution >= 4 is 23.3 Å². The van der Waals surface area contributed by atoms with Crippen molar-refractivity contribution in [3.8, 4) is 5.75 Å². The van der Waals surface area contributed by atoms with E-state index in [1.807, 2.05) is 73.7 Å². The van der Waals surface area contributed by atoms with E-state index in [-0.39, 0.29) is 0 Å². The number of hydrogen-bond donors (Lipinski definition) is 0. The van der Waals surface area contributed by atoms with Crippen LogP contribution in [0.15, 0.2) is 106 Å². The van der Waals surface area contributed by atoms with Crippen LogP contribution in [0.25, 0.3) is 0 Å². The number of benzene rings is 3. The van der Waals surface area contributed by atoms with Crippen LogP contribution in [0, 0.1) is 6.92 Å². The minimum absolute atomic E-state index is 0.602. The van der Waals surface area contributed by atoms with E-state index in [9.17, 15) is 0 Å². The third-order valence-electron chi connectivity index (χ3n) is 3.64. The maximum atomic E-state index is 6.12. The predicted molar refractivity (Wildman–Crippen MR) is 111 cm³/mol. The Bertz CT molecular complexity index is 902. The van der Waals surface area contributed by atoms with Gasteiger partial charge in [-0.25, -0.2) is 4.99 Å². The highest BCUT2D eigenvalue weighted by Gasteiger charge is 2.07. The zero-order chi connectivity index (χ0) is 18.2. The fourth-order valence-corrected chi connectivity index (χ4v) is 3.04. The van der Waals surface area contributed by atoms with Crippen molar-refractivity contribution in [1.82, 2.24) is 0 Å². The maximum Gasteiger partial charge on any atom is 0.223 e. The van der Waals surface area contributed by atoms with Crippen LogP contribution in [0.5, 0.6) is 5.75 Å². The van der Waals surface area contributed by atoms with Crippen LogP contribution in [-0.2, 0) is 0 Å². The molecular weight excluding hydrogens is 338 g/mol. The number of ether oxygens (including phenoxy) is 1. The van der Waals surface area contributed by atoms with E-state index in [0.29, 0.717) is 5.90 Å². The molecule has 0 atom stereocenters. The highest BCUT2D eigenvalue weighted by Crippen LogP contribution is 2.23. The Kier molecular flexibility index (Phi) is 6.29. The van der Waals surface area contributed by atoms with E-state index >= 15 is 0 Å². The lowest BCUT2D eigenvalue weighted by Crippen LogP contribution is -2.09. The minimum atomic E-state index is 0.602. The van der Waals surface area contributed by atoms with Gasteiger partial charge < -0.3 is 4.74 Å². The Balaban J connectivity index is 1.88. The summed E-state index contributed by atoms with van der Waals surface area (Å²) in [6, 6.07) is 28.1. The van der Waals surface area contributed by atoms with Gasteiger partial charge in [0.05, 0.1) is 5.69 Å². The van der Waals surface area contributed by atoms with Crippen LogP contribution in [-0.4, -0.2) is 5.90 Å². The predicted octanol–water partition coefficient (Wildman–Crippen LogP) is 6.80. The molecule has 0 aliphatic heterocycles. The molecule has 0 heterocycles. The fraction of sp³-hybridized carbons (Fsp3) is 0.0870. The van der Waals surface area contributed by atoms with Gasteiger partial charge in [0.25, 0.3) is 0 Å². The second-order valence-electron chi connectivity index (χ2n) is 5.90. The molecule has 0 spiro atoms. The van der Waals surface area contributed by atoms with E-state index in [4.69, 9.17) is 9.73 Å². The third-order valence-corrected chi connectivity index (χ3v) is 4.66. The monoisotopic (exact) mass is 359 g/mol. The molecule has 0 aliphatic carbocycles. The molecule has 3 aromatic carbocycles. The zero-order valence-electron chi connectivity index (χ0n) is 14.9. The van der Waals surface area contributed by atoms with E-state index in [1.54, 1.807) is 11.8 Å². The molecule has 2 nitrogen and oxygen atoms in total. The normalized spacial score (nSPS) is 12.1. The highest BCUT2D eigenvalue weighted by atomic mass is 32.2. The molecule has 3 rings (SSSR count). The lowest BCUT2D eigenvalue weighted by Gasteiger charge is -2.10. The average Bonchev–Trinajstić information content (AvgIpc) is 2.67. The third kappa shape index (κ3) is 5.36. The Morgan fingerprint density at radius 3 is 2.27 bits per heavy atom. The molecule has 0 saturated heterocycles. The molecule has 26 heavy (non-hydrogen) atoms. The van der Waals surface area contributed by atoms with Crippen molar-refractivity contribution in [3.05, 3.63) is 101 Å². The van der Waals surface area contributed by atoms with Crippen LogP contribution in [0.2, 0.25) is 0 Å². The number of para-hydroxylation sites is 1. The SMILES string of the molecule is CC(=C\Sc1ccccc1)/C(=N/c1ccccc1)Oc1cccc(C)c1. The number of aryl methyl sites for hydroxylation is 1. The van der Waals surface area contributed by atoms with Gasteiger partial charge in [-0.15, -0.1) is 0 Å². The van der Waals surface area contributed by atoms with E-state index in [0.717, 1.165) is 22.6 Å². The van der Waals surface area contributed by atoms with Gasteiger partial charge >= 0.3 is 0 Å². The molecule has 0 fully saturated rings. The van der Waals surface area contributed by atoms with E-state index in [1.165, 1.54) is 4.90 Å². The summed E-state index contributed by atoms with van der Waals surface area (Å²) >= 11 is 1.66. The van der Waals surface area contributed by atoms with Crippen molar-refractivity contribution in [3.63, 3.8) is 0 Å². The number of nitrogens with zero attached hydrogens (tertiary/aromatic N) is 1. The Labute approximate surface area is 159 Å². The highest BCUT2D eigenvalue weighted by molar-refractivity contribution is 8.02. The van der Waals surface area contributed by atoms with Crippen LogP contribution >= 0.6 is 11.8 Å². The summed E-state index contributed by atoms with van der Waals surface area (Å²) in [7, 11) is 0. The lowest BCUT2D eigenvalue weighted by atomic mass is 10.2. The van der Waals surface area contributed by atoms with Crippen molar-refractivity contribution in [2.75, 3.05) is 0 Å². The van der Waals surface area contributed by atoms with Gasteiger partial charge in [-0.2, -0.15) is 0 Å². The standard InChI is InChI=1S/C23H21NOS/c1-18-10-9-13-21(16-18)25-23(24-20-11-5-3-6-12-20)19(2)17-26-22-14-7-4-8-15-22/h3-17H,1-2H3/b19-17+,24-23-. The van der Waals surface area contributed by atoms with E-state index in [2.05, 4.69) is 30.5 Å². The number of rotatable bonds is 5. The molecule has 3 aromatic rings. The maximum absolute atomic E-state index is 6.12. The number of hydrogen-bond acceptors (Lipinski definition) is 3. The van der Waals surface area contributed by atoms with Crippen molar-refractivity contribution < 1.29 is 4.74 Å². The summed E-state index contributed by atoms with van der Waals surface area (Å²) in [5.74, 6) is 1.39. The molecule has 0 N–H and O–H groups in total. The molecule has 0 aromatic heterocycles. The molecule has 0 saturated carbocycles. The largest absolute Gasteiger partial charge is 0.439 e. The zero-order valence-corrected chi connectivity index (χ0v) is 15.7. The summed E-state index contributed by atoms with van der Waals surface area (Å²) in [6.07, 6.45) is 0. The first-order valence-corrected chi connectivity index (χ1v) is 9.36. The van der Waals surface area contributed by atoms with Gasteiger partial charge in [-0.3, -0.25) is 0 Å². The van der Waals surface area contributed by atoms with Crippen LogP contribution in [0.3, 0.4) is 0 Å². The summed E-state index contributed by atoms with van der Waals surface area (Å²) in [4.78, 5) is 5.89. The molecular formula is C23H21NOS.